The van der Waals surface area contributed by atoms with E-state index in [-0.39, 0.29) is 25.4 Å². The van der Waals surface area contributed by atoms with Gasteiger partial charge in [-0.3, -0.25) is 13.9 Å². The Labute approximate surface area is 342 Å². The number of nitrogens with one attached hydrogen (secondary N) is 1. The summed E-state index contributed by atoms with van der Waals surface area (Å²) >= 11 is 0. The Morgan fingerprint density at radius 1 is 0.864 bits per heavy atom. The van der Waals surface area contributed by atoms with Gasteiger partial charge in [0.25, 0.3) is 6.10 Å². The van der Waals surface area contributed by atoms with Gasteiger partial charge in [-0.25, -0.2) is 30.0 Å². The number of hydrogen-bond donors (Lipinski definition) is 2. The van der Waals surface area contributed by atoms with Crippen LogP contribution in [0.2, 0.25) is 0 Å². The summed E-state index contributed by atoms with van der Waals surface area (Å²) in [5, 5.41) is 3.83. The first-order chi connectivity index (χ1) is 28.0. The van der Waals surface area contributed by atoms with Crippen LogP contribution in [0.25, 0.3) is 21.6 Å². The van der Waals surface area contributed by atoms with E-state index in [0.29, 0.717) is 17.0 Å². The minimum absolute atomic E-state index is 0.0778. The van der Waals surface area contributed by atoms with Crippen molar-refractivity contribution in [3.05, 3.63) is 130 Å². The lowest BCUT2D eigenvalue weighted by atomic mass is 9.68. The standard InChI is InChI=1S/C41H49N8O9P/c1-39(2,3)56-36(50)33(37(51)57-40(4,5)6)58-59(52,53)27-55-24-23-31(25-44-48-42)49-26-43-32-34(47-54-7)45-38(46-35(32)49)41(28-17-11-8-12-18-28,29-19-13-9-14-20-29)30-21-15-10-16-22-30/h8-22,26,31,33H,23-25,27H2,1-7H3,(H,52,53)(H,45,46,47). The number of fused-ring (bicyclic) bond motifs is 1. The van der Waals surface area contributed by atoms with E-state index in [9.17, 15) is 24.6 Å². The van der Waals surface area contributed by atoms with Crippen molar-refractivity contribution in [2.75, 3.05) is 32.1 Å². The van der Waals surface area contributed by atoms with Crippen molar-refractivity contribution < 1.29 is 42.6 Å². The summed E-state index contributed by atoms with van der Waals surface area (Å²) in [5.74, 6) is -1.72. The zero-order valence-electron chi connectivity index (χ0n) is 34.0. The first-order valence-electron chi connectivity index (χ1n) is 18.7. The zero-order chi connectivity index (χ0) is 42.8. The van der Waals surface area contributed by atoms with E-state index in [1.807, 2.05) is 91.0 Å². The van der Waals surface area contributed by atoms with Crippen molar-refractivity contribution in [2.45, 2.75) is 76.7 Å². The van der Waals surface area contributed by atoms with Crippen LogP contribution in [0, 0.1) is 0 Å². The number of rotatable bonds is 18. The molecule has 0 amide bonds. The SMILES string of the molecule is CONc1nc(C(c2ccccc2)(c2ccccc2)c2ccccc2)nc2c1ncn2C(CCOCP(=O)(O)OC(C(=O)OC(C)(C)C)C(=O)OC(C)(C)C)CN=[N+]=[N-]. The molecule has 2 unspecified atom stereocenters. The summed E-state index contributed by atoms with van der Waals surface area (Å²) in [6, 6.07) is 29.0. The predicted octanol–water partition coefficient (Wildman–Crippen LogP) is 7.65. The summed E-state index contributed by atoms with van der Waals surface area (Å²) in [6.45, 7) is 9.20. The van der Waals surface area contributed by atoms with Gasteiger partial charge < -0.3 is 23.7 Å². The molecule has 0 bridgehead atoms. The van der Waals surface area contributed by atoms with Crippen molar-refractivity contribution in [3.8, 4) is 0 Å². The molecule has 59 heavy (non-hydrogen) atoms. The molecule has 2 atom stereocenters. The van der Waals surface area contributed by atoms with Gasteiger partial charge in [0, 0.05) is 24.1 Å². The van der Waals surface area contributed by atoms with Gasteiger partial charge in [0.2, 0.25) is 0 Å². The van der Waals surface area contributed by atoms with Crippen LogP contribution in [0.3, 0.4) is 0 Å². The predicted molar refractivity (Wildman–Crippen MR) is 219 cm³/mol. The molecule has 2 N–H and O–H groups in total. The lowest BCUT2D eigenvalue weighted by Gasteiger charge is -2.34. The molecular formula is C41H49N8O9P. The van der Waals surface area contributed by atoms with E-state index in [4.69, 9.17) is 33.5 Å². The molecule has 0 spiro atoms. The molecule has 0 saturated carbocycles. The molecule has 0 aliphatic heterocycles. The molecule has 0 aliphatic carbocycles. The fourth-order valence-electron chi connectivity index (χ4n) is 6.41. The van der Waals surface area contributed by atoms with Crippen LogP contribution < -0.4 is 5.48 Å². The molecule has 5 aromatic rings. The third-order valence-corrected chi connectivity index (χ3v) is 9.74. The van der Waals surface area contributed by atoms with E-state index >= 15 is 0 Å². The van der Waals surface area contributed by atoms with E-state index in [1.54, 1.807) is 46.1 Å². The van der Waals surface area contributed by atoms with Crippen molar-refractivity contribution in [3.63, 3.8) is 0 Å². The normalized spacial score (nSPS) is 13.6. The lowest BCUT2D eigenvalue weighted by molar-refractivity contribution is -0.179. The third kappa shape index (κ3) is 11.1. The highest BCUT2D eigenvalue weighted by Gasteiger charge is 2.43. The number of nitrogens with zero attached hydrogens (tertiary/aromatic N) is 7. The summed E-state index contributed by atoms with van der Waals surface area (Å²) in [4.78, 5) is 59.8. The fraction of sp³-hybridized carbons (Fsp3) is 0.390. The highest BCUT2D eigenvalue weighted by Crippen LogP contribution is 2.46. The maximum atomic E-state index is 13.2. The molecule has 2 heterocycles. The second-order valence-corrected chi connectivity index (χ2v) is 17.2. The molecular weight excluding hydrogens is 779 g/mol. The zero-order valence-corrected chi connectivity index (χ0v) is 34.9. The van der Waals surface area contributed by atoms with Crippen molar-refractivity contribution in [1.82, 2.24) is 19.5 Å². The molecule has 17 nitrogen and oxygen atoms in total. The van der Waals surface area contributed by atoms with Crippen LogP contribution in [0.1, 0.15) is 76.5 Å². The van der Waals surface area contributed by atoms with Gasteiger partial charge >= 0.3 is 19.5 Å². The highest BCUT2D eigenvalue weighted by molar-refractivity contribution is 7.52. The Hall–Kier alpha value is -5.67. The Bertz CT molecular complexity index is 2170. The van der Waals surface area contributed by atoms with Crippen LogP contribution in [0.4, 0.5) is 5.82 Å². The van der Waals surface area contributed by atoms with Gasteiger partial charge in [-0.2, -0.15) is 0 Å². The van der Waals surface area contributed by atoms with Crippen molar-refractivity contribution >= 4 is 36.5 Å². The number of benzene rings is 3. The van der Waals surface area contributed by atoms with E-state index in [1.165, 1.54) is 13.4 Å². The lowest BCUT2D eigenvalue weighted by Crippen LogP contribution is -2.42. The maximum absolute atomic E-state index is 13.2. The Balaban J connectivity index is 1.51. The smallest absolute Gasteiger partial charge is 0.354 e. The Morgan fingerprint density at radius 2 is 1.37 bits per heavy atom. The van der Waals surface area contributed by atoms with Crippen LogP contribution in [-0.2, 0) is 43.1 Å². The van der Waals surface area contributed by atoms with Crippen LogP contribution in [-0.4, -0.2) is 80.3 Å². The number of hydrogen-bond acceptors (Lipinski definition) is 13. The Morgan fingerprint density at radius 3 is 1.83 bits per heavy atom. The van der Waals surface area contributed by atoms with Gasteiger partial charge in [-0.15, -0.1) is 0 Å². The molecule has 0 saturated heterocycles. The summed E-state index contributed by atoms with van der Waals surface area (Å²) in [7, 11) is -3.31. The molecule has 18 heteroatoms. The Kier molecular flexibility index (Phi) is 14.3. The second-order valence-electron chi connectivity index (χ2n) is 15.5. The van der Waals surface area contributed by atoms with E-state index < -0.39 is 54.6 Å². The topological polar surface area (TPSA) is 222 Å². The molecule has 3 aromatic carbocycles. The number of aromatic nitrogens is 4. The average molecular weight is 829 g/mol. The number of carbonyl (C=O) groups is 2. The minimum Gasteiger partial charge on any atom is -0.458 e. The van der Waals surface area contributed by atoms with Crippen LogP contribution in [0.5, 0.6) is 0 Å². The first kappa shape index (κ1) is 44.4. The maximum Gasteiger partial charge on any atom is 0.354 e. The molecule has 0 radical (unpaired) electrons. The quantitative estimate of drug-likeness (QED) is 0.00998. The molecule has 2 aromatic heterocycles. The molecule has 0 aliphatic rings. The first-order valence-corrected chi connectivity index (χ1v) is 20.5. The average Bonchev–Trinajstić information content (AvgIpc) is 3.61. The van der Waals surface area contributed by atoms with Crippen molar-refractivity contribution in [1.29, 1.82) is 0 Å². The fourth-order valence-corrected chi connectivity index (χ4v) is 7.33. The summed E-state index contributed by atoms with van der Waals surface area (Å²) in [5.41, 5.74) is 12.5. The largest absolute Gasteiger partial charge is 0.458 e. The van der Waals surface area contributed by atoms with Gasteiger partial charge in [0.15, 0.2) is 22.8 Å². The number of carbonyl (C=O) groups excluding carboxylic acids is 2. The van der Waals surface area contributed by atoms with Gasteiger partial charge in [-0.1, -0.05) is 96.1 Å². The van der Waals surface area contributed by atoms with E-state index in [2.05, 4.69) is 20.5 Å². The highest BCUT2D eigenvalue weighted by atomic mass is 31.2. The van der Waals surface area contributed by atoms with Crippen molar-refractivity contribution in [2.24, 2.45) is 5.11 Å². The second kappa shape index (κ2) is 18.9. The minimum atomic E-state index is -4.76. The van der Waals surface area contributed by atoms with Crippen LogP contribution >= 0.6 is 7.60 Å². The molecule has 312 valence electrons. The monoisotopic (exact) mass is 828 g/mol. The number of esters is 2. The number of imidazole rings is 1. The number of ether oxygens (including phenoxy) is 3. The van der Waals surface area contributed by atoms with E-state index in [0.717, 1.165) is 16.7 Å². The summed E-state index contributed by atoms with van der Waals surface area (Å²) in [6.07, 6.45) is -1.39. The molecule has 0 fully saturated rings. The number of azide groups is 1. The van der Waals surface area contributed by atoms with Gasteiger partial charge in [0.05, 0.1) is 13.4 Å². The third-order valence-electron chi connectivity index (χ3n) is 8.69. The summed E-state index contributed by atoms with van der Waals surface area (Å²) < 4.78 is 36.3. The van der Waals surface area contributed by atoms with Gasteiger partial charge in [-0.05, 0) is 70.2 Å². The number of anilines is 1. The van der Waals surface area contributed by atoms with Gasteiger partial charge in [0.1, 0.15) is 23.0 Å². The molecule has 5 rings (SSSR count). The van der Waals surface area contributed by atoms with Crippen LogP contribution in [0.15, 0.2) is 102 Å².